The van der Waals surface area contributed by atoms with Gasteiger partial charge in [-0.3, -0.25) is 4.79 Å². The topological polar surface area (TPSA) is 68.0 Å². The Bertz CT molecular complexity index is 683. The molecule has 128 valence electrons. The van der Waals surface area contributed by atoms with Crippen LogP contribution in [0.1, 0.15) is 29.1 Å². The molecule has 0 spiro atoms. The van der Waals surface area contributed by atoms with Crippen molar-refractivity contribution in [3.8, 4) is 11.3 Å². The number of nitrogens with two attached hydrogens (primary N) is 1. The lowest BCUT2D eigenvalue weighted by molar-refractivity contribution is -0.125. The van der Waals surface area contributed by atoms with Crippen molar-refractivity contribution in [1.29, 1.82) is 0 Å². The van der Waals surface area contributed by atoms with Crippen LogP contribution in [0.3, 0.4) is 0 Å². The Balaban J connectivity index is 1.55. The van der Waals surface area contributed by atoms with Gasteiger partial charge in [-0.05, 0) is 32.2 Å². The number of nitrogens with one attached hydrogen (secondary N) is 1. The molecule has 0 aliphatic heterocycles. The summed E-state index contributed by atoms with van der Waals surface area (Å²) in [7, 11) is 0. The van der Waals surface area contributed by atoms with Crippen molar-refractivity contribution >= 4 is 17.2 Å². The van der Waals surface area contributed by atoms with Gasteiger partial charge in [-0.25, -0.2) is 4.98 Å². The fourth-order valence-electron chi connectivity index (χ4n) is 3.51. The number of carbonyl (C=O) groups excluding carboxylic acids is 1. The van der Waals surface area contributed by atoms with Crippen LogP contribution < -0.4 is 11.1 Å². The highest BCUT2D eigenvalue weighted by atomic mass is 32.1. The first kappa shape index (κ1) is 17.1. The Morgan fingerprint density at radius 2 is 2.12 bits per heavy atom. The van der Waals surface area contributed by atoms with E-state index >= 15 is 0 Å². The number of benzene rings is 1. The Morgan fingerprint density at radius 1 is 1.33 bits per heavy atom. The van der Waals surface area contributed by atoms with Gasteiger partial charge in [0.25, 0.3) is 0 Å². The number of carbonyl (C=O) groups is 1. The zero-order chi connectivity index (χ0) is 16.9. The second-order valence-corrected chi connectivity index (χ2v) is 7.74. The van der Waals surface area contributed by atoms with Crippen LogP contribution in [0.5, 0.6) is 0 Å². The fourth-order valence-corrected chi connectivity index (χ4v) is 4.46. The zero-order valence-corrected chi connectivity index (χ0v) is 14.9. The van der Waals surface area contributed by atoms with E-state index in [1.807, 2.05) is 18.2 Å². The van der Waals surface area contributed by atoms with Crippen molar-refractivity contribution in [1.82, 2.24) is 10.3 Å². The molecule has 1 fully saturated rings. The van der Waals surface area contributed by atoms with Crippen molar-refractivity contribution in [3.63, 3.8) is 0 Å². The van der Waals surface area contributed by atoms with Crippen LogP contribution in [0.2, 0.25) is 0 Å². The number of hydrogen-bond donors (Lipinski definition) is 2. The number of aryl methyl sites for hydroxylation is 1. The Hall–Kier alpha value is -1.72. The molecule has 3 rings (SSSR count). The number of nitrogens with zero attached hydrogens (tertiary/aromatic N) is 1. The number of thiazole rings is 1. The van der Waals surface area contributed by atoms with E-state index in [2.05, 4.69) is 24.4 Å². The summed E-state index contributed by atoms with van der Waals surface area (Å²) in [5.74, 6) is 0.629. The van der Waals surface area contributed by atoms with Crippen LogP contribution in [-0.2, 0) is 11.2 Å². The van der Waals surface area contributed by atoms with E-state index in [0.717, 1.165) is 41.9 Å². The summed E-state index contributed by atoms with van der Waals surface area (Å²) in [5, 5.41) is 4.16. The monoisotopic (exact) mass is 343 g/mol. The number of amides is 1. The molecule has 1 amide bonds. The summed E-state index contributed by atoms with van der Waals surface area (Å²) in [5.41, 5.74) is 7.98. The van der Waals surface area contributed by atoms with E-state index in [-0.39, 0.29) is 11.8 Å². The number of rotatable bonds is 6. The maximum absolute atomic E-state index is 12.3. The van der Waals surface area contributed by atoms with E-state index < -0.39 is 0 Å². The van der Waals surface area contributed by atoms with Crippen LogP contribution in [0, 0.1) is 18.8 Å². The SMILES string of the molecule is Cc1sc(CCNC(=O)[C@@H]2CCC[C@@H]2CN)nc1-c1ccccc1. The van der Waals surface area contributed by atoms with Gasteiger partial charge in [0, 0.05) is 29.3 Å². The summed E-state index contributed by atoms with van der Waals surface area (Å²) in [6.45, 7) is 3.37. The summed E-state index contributed by atoms with van der Waals surface area (Å²) < 4.78 is 0. The molecule has 0 saturated heterocycles. The summed E-state index contributed by atoms with van der Waals surface area (Å²) >= 11 is 1.72. The Kier molecular flexibility index (Phi) is 5.63. The number of aromatic nitrogens is 1. The molecule has 1 aliphatic rings. The summed E-state index contributed by atoms with van der Waals surface area (Å²) in [4.78, 5) is 18.3. The van der Waals surface area contributed by atoms with Crippen LogP contribution in [0.15, 0.2) is 30.3 Å². The lowest BCUT2D eigenvalue weighted by Crippen LogP contribution is -2.36. The van der Waals surface area contributed by atoms with Crippen molar-refractivity contribution in [2.24, 2.45) is 17.6 Å². The van der Waals surface area contributed by atoms with Gasteiger partial charge in [0.05, 0.1) is 10.7 Å². The molecule has 1 saturated carbocycles. The molecule has 1 aliphatic carbocycles. The number of hydrogen-bond acceptors (Lipinski definition) is 4. The summed E-state index contributed by atoms with van der Waals surface area (Å²) in [6.07, 6.45) is 3.96. The molecule has 0 radical (unpaired) electrons. The predicted molar refractivity (Wildman–Crippen MR) is 98.9 cm³/mol. The third kappa shape index (κ3) is 3.84. The third-order valence-electron chi connectivity index (χ3n) is 4.82. The minimum Gasteiger partial charge on any atom is -0.355 e. The van der Waals surface area contributed by atoms with Gasteiger partial charge in [-0.1, -0.05) is 36.8 Å². The van der Waals surface area contributed by atoms with Gasteiger partial charge in [-0.15, -0.1) is 11.3 Å². The van der Waals surface area contributed by atoms with Crippen molar-refractivity contribution in [3.05, 3.63) is 40.2 Å². The van der Waals surface area contributed by atoms with E-state index in [0.29, 0.717) is 19.0 Å². The van der Waals surface area contributed by atoms with Gasteiger partial charge >= 0.3 is 0 Å². The van der Waals surface area contributed by atoms with E-state index in [4.69, 9.17) is 10.7 Å². The lowest BCUT2D eigenvalue weighted by atomic mass is 9.95. The second kappa shape index (κ2) is 7.90. The molecule has 2 aromatic rings. The largest absolute Gasteiger partial charge is 0.355 e. The quantitative estimate of drug-likeness (QED) is 0.846. The smallest absolute Gasteiger partial charge is 0.223 e. The van der Waals surface area contributed by atoms with Crippen LogP contribution in [0.25, 0.3) is 11.3 Å². The van der Waals surface area contributed by atoms with E-state index in [1.54, 1.807) is 11.3 Å². The van der Waals surface area contributed by atoms with Crippen LogP contribution in [0.4, 0.5) is 0 Å². The first-order valence-corrected chi connectivity index (χ1v) is 9.50. The average molecular weight is 343 g/mol. The fraction of sp³-hybridized carbons (Fsp3) is 0.474. The van der Waals surface area contributed by atoms with Gasteiger partial charge in [0.2, 0.25) is 5.91 Å². The van der Waals surface area contributed by atoms with Gasteiger partial charge in [0.15, 0.2) is 0 Å². The molecule has 3 N–H and O–H groups in total. The maximum atomic E-state index is 12.3. The normalized spacial score (nSPS) is 20.2. The molecule has 4 nitrogen and oxygen atoms in total. The highest BCUT2D eigenvalue weighted by Crippen LogP contribution is 2.31. The van der Waals surface area contributed by atoms with Crippen molar-refractivity contribution in [2.75, 3.05) is 13.1 Å². The molecular formula is C19H25N3OS. The van der Waals surface area contributed by atoms with Crippen LogP contribution >= 0.6 is 11.3 Å². The summed E-state index contributed by atoms with van der Waals surface area (Å²) in [6, 6.07) is 10.2. The molecule has 24 heavy (non-hydrogen) atoms. The highest BCUT2D eigenvalue weighted by Gasteiger charge is 2.31. The molecule has 1 heterocycles. The minimum atomic E-state index is 0.105. The molecule has 1 aromatic heterocycles. The maximum Gasteiger partial charge on any atom is 0.223 e. The standard InChI is InChI=1S/C19H25N3OS/c1-13-18(14-6-3-2-4-7-14)22-17(24-13)10-11-21-19(23)16-9-5-8-15(16)12-20/h2-4,6-7,15-16H,5,8-12,20H2,1H3,(H,21,23)/t15-,16-/m1/s1. The van der Waals surface area contributed by atoms with Gasteiger partial charge in [-0.2, -0.15) is 0 Å². The van der Waals surface area contributed by atoms with Crippen molar-refractivity contribution < 1.29 is 4.79 Å². The molecule has 2 atom stereocenters. The molecule has 5 heteroatoms. The second-order valence-electron chi connectivity index (χ2n) is 6.45. The van der Waals surface area contributed by atoms with Gasteiger partial charge < -0.3 is 11.1 Å². The van der Waals surface area contributed by atoms with Gasteiger partial charge in [0.1, 0.15) is 0 Å². The molecule has 0 bridgehead atoms. The van der Waals surface area contributed by atoms with Crippen LogP contribution in [-0.4, -0.2) is 24.0 Å². The minimum absolute atomic E-state index is 0.105. The molecular weight excluding hydrogens is 318 g/mol. The zero-order valence-electron chi connectivity index (χ0n) is 14.1. The third-order valence-corrected chi connectivity index (χ3v) is 5.86. The van der Waals surface area contributed by atoms with E-state index in [1.165, 1.54) is 4.88 Å². The predicted octanol–water partition coefficient (Wildman–Crippen LogP) is 3.15. The molecule has 1 aromatic carbocycles. The first-order valence-electron chi connectivity index (χ1n) is 8.68. The van der Waals surface area contributed by atoms with Crippen molar-refractivity contribution in [2.45, 2.75) is 32.6 Å². The average Bonchev–Trinajstić information content (AvgIpc) is 3.22. The lowest BCUT2D eigenvalue weighted by Gasteiger charge is -2.17. The highest BCUT2D eigenvalue weighted by molar-refractivity contribution is 7.12. The first-order chi connectivity index (χ1) is 11.7. The van der Waals surface area contributed by atoms with E-state index in [9.17, 15) is 4.79 Å². The Labute approximate surface area is 147 Å². The molecule has 0 unspecified atom stereocenters. The Morgan fingerprint density at radius 3 is 2.88 bits per heavy atom.